The first-order valence-corrected chi connectivity index (χ1v) is 4.68. The van der Waals surface area contributed by atoms with Gasteiger partial charge in [-0.2, -0.15) is 0 Å². The molecule has 96 valence electrons. The zero-order valence-corrected chi connectivity index (χ0v) is 8.44. The van der Waals surface area contributed by atoms with Crippen LogP contribution in [0.5, 0.6) is 0 Å². The fourth-order valence-electron chi connectivity index (χ4n) is 2.23. The summed E-state index contributed by atoms with van der Waals surface area (Å²) in [5.74, 6) is -12.6. The molecular formula is C9H11KO8. The van der Waals surface area contributed by atoms with Crippen molar-refractivity contribution in [3.63, 3.8) is 0 Å². The summed E-state index contributed by atoms with van der Waals surface area (Å²) < 4.78 is 0. The van der Waals surface area contributed by atoms with Crippen LogP contribution in [0.3, 0.4) is 0 Å². The maximum absolute atomic E-state index is 10.9. The Balaban J connectivity index is 0.00000289. The van der Waals surface area contributed by atoms with E-state index in [2.05, 4.69) is 0 Å². The summed E-state index contributed by atoms with van der Waals surface area (Å²) in [6, 6.07) is 0. The van der Waals surface area contributed by atoms with Crippen LogP contribution < -0.4 is 0 Å². The van der Waals surface area contributed by atoms with Crippen LogP contribution >= 0.6 is 0 Å². The van der Waals surface area contributed by atoms with Crippen molar-refractivity contribution in [2.45, 2.75) is 6.42 Å². The molecule has 0 aromatic carbocycles. The monoisotopic (exact) mass is 286 g/mol. The molecule has 0 aliphatic heterocycles. The van der Waals surface area contributed by atoms with Gasteiger partial charge in [0.1, 0.15) is 0 Å². The Bertz CT molecular complexity index is 356. The molecule has 4 atom stereocenters. The number of carboxylic acid groups (broad SMARTS) is 4. The molecule has 0 saturated heterocycles. The Labute approximate surface area is 143 Å². The van der Waals surface area contributed by atoms with E-state index in [0.29, 0.717) is 0 Å². The van der Waals surface area contributed by atoms with Gasteiger partial charge in [-0.1, -0.05) is 0 Å². The van der Waals surface area contributed by atoms with Gasteiger partial charge in [0.15, 0.2) is 0 Å². The molecule has 8 nitrogen and oxygen atoms in total. The summed E-state index contributed by atoms with van der Waals surface area (Å²) in [5, 5.41) is 35.2. The van der Waals surface area contributed by atoms with Gasteiger partial charge in [0.2, 0.25) is 0 Å². The van der Waals surface area contributed by atoms with Gasteiger partial charge in [0.05, 0.1) is 23.7 Å². The van der Waals surface area contributed by atoms with Gasteiger partial charge in [-0.25, -0.2) is 0 Å². The average molecular weight is 286 g/mol. The van der Waals surface area contributed by atoms with Crippen molar-refractivity contribution < 1.29 is 39.6 Å². The SMILES string of the molecule is O=C(O)C1CC(C(=O)O)C(C(=O)O)C1C(=O)O.[KH]. The Morgan fingerprint density at radius 2 is 0.944 bits per heavy atom. The number of rotatable bonds is 4. The van der Waals surface area contributed by atoms with Crippen molar-refractivity contribution in [1.29, 1.82) is 0 Å². The molecule has 1 saturated carbocycles. The molecule has 0 heterocycles. The zero-order valence-electron chi connectivity index (χ0n) is 8.44. The standard InChI is InChI=1S/C9H10O8.K.H/c10-6(11)2-1-3(7(12)13)5(9(16)17)4(2)8(14)15;;/h2-5H,1H2,(H,10,11)(H,12,13)(H,14,15)(H,16,17);;. The van der Waals surface area contributed by atoms with Gasteiger partial charge in [-0.15, -0.1) is 0 Å². The molecular weight excluding hydrogens is 275 g/mol. The van der Waals surface area contributed by atoms with Gasteiger partial charge >= 0.3 is 75.3 Å². The van der Waals surface area contributed by atoms with E-state index in [1.807, 2.05) is 0 Å². The summed E-state index contributed by atoms with van der Waals surface area (Å²) in [4.78, 5) is 43.4. The Hall–Kier alpha value is -0.484. The van der Waals surface area contributed by atoms with Crippen LogP contribution in [0.2, 0.25) is 0 Å². The van der Waals surface area contributed by atoms with E-state index in [1.165, 1.54) is 0 Å². The molecule has 4 N–H and O–H groups in total. The van der Waals surface area contributed by atoms with Crippen LogP contribution in [0.25, 0.3) is 0 Å². The first kappa shape index (κ1) is 17.5. The van der Waals surface area contributed by atoms with E-state index >= 15 is 0 Å². The third kappa shape index (κ3) is 3.29. The van der Waals surface area contributed by atoms with Crippen LogP contribution in [-0.4, -0.2) is 95.7 Å². The van der Waals surface area contributed by atoms with Crippen molar-refractivity contribution in [3.8, 4) is 0 Å². The van der Waals surface area contributed by atoms with Crippen LogP contribution in [0.4, 0.5) is 0 Å². The third-order valence-corrected chi connectivity index (χ3v) is 2.97. The van der Waals surface area contributed by atoms with E-state index in [1.54, 1.807) is 0 Å². The summed E-state index contributed by atoms with van der Waals surface area (Å²) in [7, 11) is 0. The molecule has 1 aliphatic carbocycles. The molecule has 1 rings (SSSR count). The molecule has 0 radical (unpaired) electrons. The van der Waals surface area contributed by atoms with E-state index < -0.39 is 54.0 Å². The van der Waals surface area contributed by atoms with E-state index in [9.17, 15) is 19.2 Å². The van der Waals surface area contributed by atoms with Crippen LogP contribution in [0.15, 0.2) is 0 Å². The van der Waals surface area contributed by atoms with Crippen molar-refractivity contribution in [3.05, 3.63) is 0 Å². The minimum atomic E-state index is -1.72. The Kier molecular flexibility index (Phi) is 6.44. The molecule has 18 heavy (non-hydrogen) atoms. The fraction of sp³-hybridized carbons (Fsp3) is 0.556. The number of hydrogen-bond acceptors (Lipinski definition) is 4. The van der Waals surface area contributed by atoms with E-state index in [0.717, 1.165) is 0 Å². The van der Waals surface area contributed by atoms with Crippen molar-refractivity contribution in [2.75, 3.05) is 0 Å². The predicted octanol–water partition coefficient (Wildman–Crippen LogP) is -1.46. The molecule has 0 spiro atoms. The summed E-state index contributed by atoms with van der Waals surface area (Å²) in [6.07, 6.45) is -0.487. The van der Waals surface area contributed by atoms with Gasteiger partial charge < -0.3 is 20.4 Å². The maximum atomic E-state index is 10.9. The second-order valence-corrected chi connectivity index (χ2v) is 3.85. The second-order valence-electron chi connectivity index (χ2n) is 3.85. The molecule has 0 bridgehead atoms. The molecule has 1 aliphatic rings. The fourth-order valence-corrected chi connectivity index (χ4v) is 2.23. The van der Waals surface area contributed by atoms with Crippen LogP contribution in [0, 0.1) is 23.7 Å². The predicted molar refractivity (Wildman–Crippen MR) is 56.3 cm³/mol. The summed E-state index contributed by atoms with van der Waals surface area (Å²) >= 11 is 0. The van der Waals surface area contributed by atoms with Crippen LogP contribution in [-0.2, 0) is 19.2 Å². The Morgan fingerprint density at radius 3 is 1.11 bits per heavy atom. The van der Waals surface area contributed by atoms with Gasteiger partial charge in [-0.05, 0) is 6.42 Å². The molecule has 4 unspecified atom stereocenters. The molecule has 1 fully saturated rings. The zero-order chi connectivity index (χ0) is 13.3. The quantitative estimate of drug-likeness (QED) is 0.458. The molecule has 0 aromatic rings. The van der Waals surface area contributed by atoms with E-state index in [-0.39, 0.29) is 51.4 Å². The molecule has 0 amide bonds. The first-order valence-electron chi connectivity index (χ1n) is 4.68. The normalized spacial score (nSPS) is 30.2. The van der Waals surface area contributed by atoms with Crippen LogP contribution in [0.1, 0.15) is 6.42 Å². The van der Waals surface area contributed by atoms with E-state index in [4.69, 9.17) is 20.4 Å². The second kappa shape index (κ2) is 6.62. The number of carbonyl (C=O) groups is 4. The van der Waals surface area contributed by atoms with Crippen molar-refractivity contribution >= 4 is 75.3 Å². The number of carboxylic acids is 4. The van der Waals surface area contributed by atoms with Crippen molar-refractivity contribution in [2.24, 2.45) is 23.7 Å². The van der Waals surface area contributed by atoms with Crippen molar-refractivity contribution in [1.82, 2.24) is 0 Å². The average Bonchev–Trinajstić information content (AvgIpc) is 2.56. The number of aliphatic carboxylic acids is 4. The third-order valence-electron chi connectivity index (χ3n) is 2.97. The Morgan fingerprint density at radius 1 is 0.667 bits per heavy atom. The molecule has 0 aromatic heterocycles. The minimum absolute atomic E-state index is 0. The molecule has 9 heteroatoms. The van der Waals surface area contributed by atoms with Gasteiger partial charge in [0.25, 0.3) is 0 Å². The van der Waals surface area contributed by atoms with Gasteiger partial charge in [-0.3, -0.25) is 19.2 Å². The summed E-state index contributed by atoms with van der Waals surface area (Å²) in [5.41, 5.74) is 0. The topological polar surface area (TPSA) is 149 Å². The first-order chi connectivity index (χ1) is 7.77. The number of hydrogen-bond donors (Lipinski definition) is 4. The summed E-state index contributed by atoms with van der Waals surface area (Å²) in [6.45, 7) is 0. The van der Waals surface area contributed by atoms with Gasteiger partial charge in [0, 0.05) is 0 Å².